The van der Waals surface area contributed by atoms with Crippen LogP contribution in [0.15, 0.2) is 29.6 Å². The van der Waals surface area contributed by atoms with Gasteiger partial charge in [0.2, 0.25) is 0 Å². The minimum Gasteiger partial charge on any atom is -0.493 e. The van der Waals surface area contributed by atoms with Crippen molar-refractivity contribution in [2.75, 3.05) is 27.3 Å². The first-order valence-corrected chi connectivity index (χ1v) is 10.1. The average molecular weight is 404 g/mol. The van der Waals surface area contributed by atoms with Gasteiger partial charge in [0.1, 0.15) is 6.61 Å². The zero-order chi connectivity index (χ0) is 20.1. The van der Waals surface area contributed by atoms with Crippen LogP contribution in [-0.2, 0) is 16.1 Å². The molecule has 0 saturated carbocycles. The average Bonchev–Trinajstić information content (AvgIpc) is 3.26. The van der Waals surface area contributed by atoms with E-state index in [4.69, 9.17) is 14.2 Å². The molecule has 0 N–H and O–H groups in total. The summed E-state index contributed by atoms with van der Waals surface area (Å²) in [7, 11) is 3.17. The first-order chi connectivity index (χ1) is 13.5. The van der Waals surface area contributed by atoms with E-state index in [1.807, 2.05) is 41.5 Å². The van der Waals surface area contributed by atoms with Crippen molar-refractivity contribution in [3.05, 3.63) is 45.6 Å². The van der Waals surface area contributed by atoms with E-state index in [0.29, 0.717) is 37.4 Å². The van der Waals surface area contributed by atoms with E-state index in [1.54, 1.807) is 14.2 Å². The fourth-order valence-electron chi connectivity index (χ4n) is 3.32. The Morgan fingerprint density at radius 3 is 2.43 bits per heavy atom. The van der Waals surface area contributed by atoms with Crippen molar-refractivity contribution in [3.8, 4) is 11.5 Å². The van der Waals surface area contributed by atoms with Crippen LogP contribution in [0, 0.1) is 12.8 Å². The van der Waals surface area contributed by atoms with E-state index in [0.717, 1.165) is 16.0 Å². The van der Waals surface area contributed by atoms with E-state index < -0.39 is 0 Å². The van der Waals surface area contributed by atoms with E-state index >= 15 is 0 Å². The fourth-order valence-corrected chi connectivity index (χ4v) is 4.01. The number of likely N-dealkylation sites (tertiary alicyclic amines) is 1. The molecule has 1 amide bonds. The minimum atomic E-state index is -0.211. The zero-order valence-corrected chi connectivity index (χ0v) is 17.2. The molecule has 2 heterocycles. The van der Waals surface area contributed by atoms with Crippen LogP contribution in [0.3, 0.4) is 0 Å². The number of carbonyl (C=O) groups excluding carboxylic acids is 2. The monoisotopic (exact) mass is 403 g/mol. The summed E-state index contributed by atoms with van der Waals surface area (Å²) in [6.07, 6.45) is 1.25. The highest BCUT2D eigenvalue weighted by Gasteiger charge is 2.29. The molecule has 3 rings (SSSR count). The van der Waals surface area contributed by atoms with Gasteiger partial charge in [0, 0.05) is 13.1 Å². The second-order valence-electron chi connectivity index (χ2n) is 6.79. The summed E-state index contributed by atoms with van der Waals surface area (Å²) in [5, 5.41) is 1.90. The quantitative estimate of drug-likeness (QED) is 0.689. The summed E-state index contributed by atoms with van der Waals surface area (Å²) in [5.74, 6) is 0.922. The van der Waals surface area contributed by atoms with Crippen LogP contribution in [0.25, 0.3) is 0 Å². The van der Waals surface area contributed by atoms with Crippen LogP contribution in [0.4, 0.5) is 0 Å². The van der Waals surface area contributed by atoms with E-state index in [1.165, 1.54) is 11.3 Å². The number of ether oxygens (including phenoxy) is 3. The van der Waals surface area contributed by atoms with Crippen LogP contribution < -0.4 is 9.47 Å². The number of methoxy groups -OCH3 is 2. The second-order valence-corrected chi connectivity index (χ2v) is 7.73. The number of aryl methyl sites for hydroxylation is 1. The highest BCUT2D eigenvalue weighted by molar-refractivity contribution is 7.12. The van der Waals surface area contributed by atoms with E-state index in [2.05, 4.69) is 0 Å². The van der Waals surface area contributed by atoms with Gasteiger partial charge in [-0.1, -0.05) is 6.07 Å². The number of carbonyl (C=O) groups is 2. The van der Waals surface area contributed by atoms with Crippen molar-refractivity contribution >= 4 is 23.2 Å². The van der Waals surface area contributed by atoms with Gasteiger partial charge in [-0.05, 0) is 54.5 Å². The SMILES string of the molecule is COc1cc(C)c(COC(=O)C2CCN(C(=O)c3cccs3)CC2)cc1OC. The molecule has 6 nitrogen and oxygen atoms in total. The molecular formula is C21H25NO5S. The van der Waals surface area contributed by atoms with Gasteiger partial charge in [0.25, 0.3) is 5.91 Å². The lowest BCUT2D eigenvalue weighted by molar-refractivity contribution is -0.151. The number of benzene rings is 1. The first kappa shape index (κ1) is 20.2. The third kappa shape index (κ3) is 4.47. The fraction of sp³-hybridized carbons (Fsp3) is 0.429. The molecule has 0 bridgehead atoms. The number of rotatable bonds is 6. The predicted octanol–water partition coefficient (Wildman–Crippen LogP) is 3.67. The third-order valence-corrected chi connectivity index (χ3v) is 5.92. The number of piperidine rings is 1. The van der Waals surface area contributed by atoms with Crippen molar-refractivity contribution in [1.82, 2.24) is 4.90 Å². The van der Waals surface area contributed by atoms with Gasteiger partial charge in [0.15, 0.2) is 11.5 Å². The van der Waals surface area contributed by atoms with Crippen LogP contribution >= 0.6 is 11.3 Å². The van der Waals surface area contributed by atoms with Gasteiger partial charge in [-0.15, -0.1) is 11.3 Å². The van der Waals surface area contributed by atoms with Gasteiger partial charge in [0.05, 0.1) is 25.0 Å². The molecular weight excluding hydrogens is 378 g/mol. The molecule has 0 unspecified atom stereocenters. The van der Waals surface area contributed by atoms with Gasteiger partial charge >= 0.3 is 5.97 Å². The third-order valence-electron chi connectivity index (χ3n) is 5.06. The lowest BCUT2D eigenvalue weighted by Crippen LogP contribution is -2.40. The maximum absolute atomic E-state index is 12.5. The van der Waals surface area contributed by atoms with Crippen molar-refractivity contribution in [1.29, 1.82) is 0 Å². The van der Waals surface area contributed by atoms with Crippen molar-refractivity contribution in [2.45, 2.75) is 26.4 Å². The van der Waals surface area contributed by atoms with Crippen molar-refractivity contribution in [3.63, 3.8) is 0 Å². The normalized spacial score (nSPS) is 14.6. The molecule has 0 aliphatic carbocycles. The predicted molar refractivity (Wildman–Crippen MR) is 107 cm³/mol. The Morgan fingerprint density at radius 1 is 1.14 bits per heavy atom. The molecule has 1 fully saturated rings. The standard InChI is InChI=1S/C21H25NO5S/c1-14-11-17(25-2)18(26-3)12-16(14)13-27-21(24)15-6-8-22(9-7-15)20(23)19-5-4-10-28-19/h4-5,10-12,15H,6-9,13H2,1-3H3. The molecule has 1 saturated heterocycles. The number of amides is 1. The Kier molecular flexibility index (Phi) is 6.57. The summed E-state index contributed by atoms with van der Waals surface area (Å²) >= 11 is 1.44. The van der Waals surface area contributed by atoms with Crippen LogP contribution in [0.5, 0.6) is 11.5 Å². The zero-order valence-electron chi connectivity index (χ0n) is 16.4. The molecule has 7 heteroatoms. The molecule has 0 atom stereocenters. The minimum absolute atomic E-state index is 0.0442. The van der Waals surface area contributed by atoms with Gasteiger partial charge in [-0.25, -0.2) is 0 Å². The topological polar surface area (TPSA) is 65.1 Å². The molecule has 28 heavy (non-hydrogen) atoms. The Bertz CT molecular complexity index is 826. The number of thiophene rings is 1. The molecule has 1 aromatic heterocycles. The largest absolute Gasteiger partial charge is 0.493 e. The van der Waals surface area contributed by atoms with Gasteiger partial charge in [-0.3, -0.25) is 9.59 Å². The summed E-state index contributed by atoms with van der Waals surface area (Å²) in [4.78, 5) is 27.4. The van der Waals surface area contributed by atoms with E-state index in [-0.39, 0.29) is 24.4 Å². The number of hydrogen-bond acceptors (Lipinski definition) is 6. The number of nitrogens with zero attached hydrogens (tertiary/aromatic N) is 1. The molecule has 1 aromatic carbocycles. The Morgan fingerprint density at radius 2 is 1.82 bits per heavy atom. The molecule has 0 spiro atoms. The summed E-state index contributed by atoms with van der Waals surface area (Å²) in [5.41, 5.74) is 1.86. The molecule has 150 valence electrons. The van der Waals surface area contributed by atoms with Gasteiger partial charge in [-0.2, -0.15) is 0 Å². The maximum atomic E-state index is 12.5. The van der Waals surface area contributed by atoms with E-state index in [9.17, 15) is 9.59 Å². The van der Waals surface area contributed by atoms with Crippen molar-refractivity contribution < 1.29 is 23.8 Å². The number of hydrogen-bond donors (Lipinski definition) is 0. The molecule has 1 aliphatic rings. The Balaban J connectivity index is 1.53. The van der Waals surface area contributed by atoms with Crippen molar-refractivity contribution in [2.24, 2.45) is 5.92 Å². The smallest absolute Gasteiger partial charge is 0.309 e. The summed E-state index contributed by atoms with van der Waals surface area (Å²) in [6.45, 7) is 3.29. The Hall–Kier alpha value is -2.54. The maximum Gasteiger partial charge on any atom is 0.309 e. The summed E-state index contributed by atoms with van der Waals surface area (Å²) in [6, 6.07) is 7.41. The molecule has 0 radical (unpaired) electrons. The van der Waals surface area contributed by atoms with Crippen LogP contribution in [0.2, 0.25) is 0 Å². The number of esters is 1. The Labute approximate surface area is 169 Å². The lowest BCUT2D eigenvalue weighted by Gasteiger charge is -2.30. The van der Waals surface area contributed by atoms with Crippen LogP contribution in [0.1, 0.15) is 33.6 Å². The first-order valence-electron chi connectivity index (χ1n) is 9.24. The second kappa shape index (κ2) is 9.10. The molecule has 2 aromatic rings. The molecule has 1 aliphatic heterocycles. The highest BCUT2D eigenvalue weighted by Crippen LogP contribution is 2.31. The highest BCUT2D eigenvalue weighted by atomic mass is 32.1. The van der Waals surface area contributed by atoms with Gasteiger partial charge < -0.3 is 19.1 Å². The van der Waals surface area contributed by atoms with Crippen LogP contribution in [-0.4, -0.2) is 44.1 Å². The lowest BCUT2D eigenvalue weighted by atomic mass is 9.97. The summed E-state index contributed by atoms with van der Waals surface area (Å²) < 4.78 is 16.2.